The summed E-state index contributed by atoms with van der Waals surface area (Å²) in [7, 11) is 0. The van der Waals surface area contributed by atoms with E-state index in [0.717, 1.165) is 24.7 Å². The highest BCUT2D eigenvalue weighted by molar-refractivity contribution is 8.18. The van der Waals surface area contributed by atoms with Crippen molar-refractivity contribution in [3.8, 4) is 0 Å². The van der Waals surface area contributed by atoms with Crippen LogP contribution in [0.2, 0.25) is 0 Å². The fourth-order valence-electron chi connectivity index (χ4n) is 3.14. The number of hydrogen-bond donors (Lipinski definition) is 0. The van der Waals surface area contributed by atoms with Crippen molar-refractivity contribution >= 4 is 40.5 Å². The first-order valence-electron chi connectivity index (χ1n) is 8.94. The number of furan rings is 1. The van der Waals surface area contributed by atoms with Crippen molar-refractivity contribution in [1.29, 1.82) is 0 Å². The molecule has 1 aromatic carbocycles. The van der Waals surface area contributed by atoms with Gasteiger partial charge in [0.1, 0.15) is 5.76 Å². The topological polar surface area (TPSA) is 49.1 Å². The molecule has 0 atom stereocenters. The maximum Gasteiger partial charge on any atom is 0.266 e. The van der Waals surface area contributed by atoms with Crippen LogP contribution >= 0.6 is 11.8 Å². The Hall–Kier alpha value is -2.47. The highest BCUT2D eigenvalue weighted by Crippen LogP contribution is 2.34. The second-order valence-corrected chi connectivity index (χ2v) is 7.27. The summed E-state index contributed by atoms with van der Waals surface area (Å²) < 4.78 is 5.93. The van der Waals surface area contributed by atoms with Crippen molar-refractivity contribution in [3.63, 3.8) is 0 Å². The van der Waals surface area contributed by atoms with Crippen molar-refractivity contribution in [3.05, 3.63) is 53.1 Å². The molecule has 0 spiro atoms. The Kier molecular flexibility index (Phi) is 4.84. The lowest BCUT2D eigenvalue weighted by molar-refractivity contribution is -0.122. The number of nitrogens with zero attached hydrogens (tertiary/aromatic N) is 3. The van der Waals surface area contributed by atoms with E-state index in [1.54, 1.807) is 4.90 Å². The molecule has 3 heterocycles. The summed E-state index contributed by atoms with van der Waals surface area (Å²) in [6, 6.07) is 13.6. The number of rotatable bonds is 4. The number of carbonyl (C=O) groups excluding carboxylic acids is 1. The molecule has 0 N–H and O–H groups in total. The molecule has 2 fully saturated rings. The van der Waals surface area contributed by atoms with Crippen molar-refractivity contribution in [2.24, 2.45) is 4.99 Å². The van der Waals surface area contributed by atoms with Crippen LogP contribution in [0.25, 0.3) is 6.08 Å². The lowest BCUT2D eigenvalue weighted by Gasteiger charge is -2.12. The summed E-state index contributed by atoms with van der Waals surface area (Å²) in [6.07, 6.45) is 4.23. The molecule has 2 aromatic rings. The number of anilines is 1. The minimum absolute atomic E-state index is 0.0219. The summed E-state index contributed by atoms with van der Waals surface area (Å²) in [6.45, 7) is 4.62. The summed E-state index contributed by atoms with van der Waals surface area (Å²) >= 11 is 1.40. The van der Waals surface area contributed by atoms with Crippen LogP contribution in [-0.4, -0.2) is 35.6 Å². The minimum atomic E-state index is -0.0219. The number of benzene rings is 1. The molecule has 1 amide bonds. The zero-order valence-corrected chi connectivity index (χ0v) is 15.5. The predicted octanol–water partition coefficient (Wildman–Crippen LogP) is 4.50. The van der Waals surface area contributed by atoms with Gasteiger partial charge in [-0.25, -0.2) is 4.99 Å². The lowest BCUT2D eigenvalue weighted by atomic mass is 10.3. The maximum absolute atomic E-state index is 12.7. The van der Waals surface area contributed by atoms with E-state index in [2.05, 4.69) is 9.89 Å². The van der Waals surface area contributed by atoms with Crippen LogP contribution < -0.4 is 4.90 Å². The minimum Gasteiger partial charge on any atom is -0.441 e. The second kappa shape index (κ2) is 7.41. The van der Waals surface area contributed by atoms with E-state index in [9.17, 15) is 4.79 Å². The second-order valence-electron chi connectivity index (χ2n) is 6.26. The van der Waals surface area contributed by atoms with Crippen LogP contribution in [0.15, 0.2) is 56.8 Å². The van der Waals surface area contributed by atoms with Crippen LogP contribution in [0.5, 0.6) is 0 Å². The molecule has 1 aromatic heterocycles. The van der Waals surface area contributed by atoms with Crippen molar-refractivity contribution in [1.82, 2.24) is 4.90 Å². The van der Waals surface area contributed by atoms with E-state index in [0.29, 0.717) is 22.4 Å². The van der Waals surface area contributed by atoms with Gasteiger partial charge in [0.2, 0.25) is 0 Å². The van der Waals surface area contributed by atoms with Crippen molar-refractivity contribution in [2.45, 2.75) is 19.8 Å². The van der Waals surface area contributed by atoms with E-state index < -0.39 is 0 Å². The molecule has 0 radical (unpaired) electrons. The van der Waals surface area contributed by atoms with Gasteiger partial charge >= 0.3 is 0 Å². The SMILES string of the molecule is CCN1C(=O)/C(=C\c2ccc(N3CCCC3)o2)SC1=Nc1ccccc1. The van der Waals surface area contributed by atoms with E-state index in [1.165, 1.54) is 24.6 Å². The smallest absolute Gasteiger partial charge is 0.266 e. The summed E-state index contributed by atoms with van der Waals surface area (Å²) in [4.78, 5) is 21.9. The third-order valence-corrected chi connectivity index (χ3v) is 5.50. The first-order chi connectivity index (χ1) is 12.7. The van der Waals surface area contributed by atoms with E-state index in [4.69, 9.17) is 4.42 Å². The van der Waals surface area contributed by atoms with Gasteiger partial charge in [0.25, 0.3) is 5.91 Å². The standard InChI is InChI=1S/C20H21N3O2S/c1-2-23-19(24)17(26-20(23)21-15-8-4-3-5-9-15)14-16-10-11-18(25-16)22-12-6-7-13-22/h3-5,8-11,14H,2,6-7,12-13H2,1H3/b17-14+,21-20?. The number of amides is 1. The first-order valence-corrected chi connectivity index (χ1v) is 9.76. The Morgan fingerprint density at radius 2 is 1.92 bits per heavy atom. The molecule has 134 valence electrons. The Bertz CT molecular complexity index is 851. The monoisotopic (exact) mass is 367 g/mol. The molecule has 2 aliphatic rings. The van der Waals surface area contributed by atoms with Crippen LogP contribution in [-0.2, 0) is 4.79 Å². The molecule has 2 saturated heterocycles. The van der Waals surface area contributed by atoms with Crippen LogP contribution in [0.4, 0.5) is 11.6 Å². The summed E-state index contributed by atoms with van der Waals surface area (Å²) in [5.74, 6) is 1.57. The maximum atomic E-state index is 12.7. The number of carbonyl (C=O) groups is 1. The summed E-state index contributed by atoms with van der Waals surface area (Å²) in [5, 5.41) is 0.710. The highest BCUT2D eigenvalue weighted by atomic mass is 32.2. The number of hydrogen-bond acceptors (Lipinski definition) is 5. The molecule has 6 heteroatoms. The lowest BCUT2D eigenvalue weighted by Crippen LogP contribution is -2.28. The molecular formula is C20H21N3O2S. The number of thioether (sulfide) groups is 1. The first kappa shape index (κ1) is 17.0. The number of amidine groups is 1. The Labute approximate surface area is 157 Å². The Balaban J connectivity index is 1.58. The Morgan fingerprint density at radius 3 is 2.65 bits per heavy atom. The summed E-state index contributed by atoms with van der Waals surface area (Å²) in [5.41, 5.74) is 0.844. The van der Waals surface area contributed by atoms with Gasteiger partial charge in [-0.15, -0.1) is 0 Å². The Morgan fingerprint density at radius 1 is 1.15 bits per heavy atom. The number of aliphatic imine (C=N–C) groups is 1. The largest absolute Gasteiger partial charge is 0.441 e. The van der Waals surface area contributed by atoms with Gasteiger partial charge in [-0.3, -0.25) is 9.69 Å². The normalized spacial score (nSPS) is 20.7. The quantitative estimate of drug-likeness (QED) is 0.747. The average molecular weight is 367 g/mol. The van der Waals surface area contributed by atoms with Gasteiger partial charge < -0.3 is 9.32 Å². The third-order valence-electron chi connectivity index (χ3n) is 4.49. The van der Waals surface area contributed by atoms with Crippen LogP contribution in [0.3, 0.4) is 0 Å². The zero-order chi connectivity index (χ0) is 17.9. The van der Waals surface area contributed by atoms with Gasteiger partial charge in [-0.1, -0.05) is 18.2 Å². The molecule has 26 heavy (non-hydrogen) atoms. The average Bonchev–Trinajstić information content (AvgIpc) is 3.38. The van der Waals surface area contributed by atoms with Crippen molar-refractivity contribution < 1.29 is 9.21 Å². The van der Waals surface area contributed by atoms with Crippen LogP contribution in [0.1, 0.15) is 25.5 Å². The fraction of sp³-hybridized carbons (Fsp3) is 0.300. The molecule has 5 nitrogen and oxygen atoms in total. The van der Waals surface area contributed by atoms with E-state index >= 15 is 0 Å². The van der Waals surface area contributed by atoms with Gasteiger partial charge in [0, 0.05) is 31.8 Å². The molecule has 0 unspecified atom stereocenters. The van der Waals surface area contributed by atoms with E-state index in [-0.39, 0.29) is 5.91 Å². The van der Waals surface area contributed by atoms with Gasteiger partial charge in [-0.05, 0) is 49.7 Å². The van der Waals surface area contributed by atoms with Gasteiger partial charge in [0.15, 0.2) is 11.1 Å². The molecule has 0 bridgehead atoms. The number of para-hydroxylation sites is 1. The van der Waals surface area contributed by atoms with Crippen molar-refractivity contribution in [2.75, 3.05) is 24.5 Å². The fourth-order valence-corrected chi connectivity index (χ4v) is 4.18. The molecular weight excluding hydrogens is 346 g/mol. The molecule has 2 aliphatic heterocycles. The molecule has 0 saturated carbocycles. The third kappa shape index (κ3) is 3.42. The van der Waals surface area contributed by atoms with Gasteiger partial charge in [0.05, 0.1) is 10.6 Å². The number of likely N-dealkylation sites (N-methyl/N-ethyl adjacent to an activating group) is 1. The highest BCUT2D eigenvalue weighted by Gasteiger charge is 2.32. The molecule has 4 rings (SSSR count). The predicted molar refractivity (Wildman–Crippen MR) is 107 cm³/mol. The molecule has 0 aliphatic carbocycles. The van der Waals surface area contributed by atoms with Gasteiger partial charge in [-0.2, -0.15) is 0 Å². The zero-order valence-electron chi connectivity index (χ0n) is 14.7. The van der Waals surface area contributed by atoms with E-state index in [1.807, 2.05) is 55.5 Å². The van der Waals surface area contributed by atoms with Crippen LogP contribution in [0, 0.1) is 0 Å².